The first-order valence-corrected chi connectivity index (χ1v) is 6.82. The van der Waals surface area contributed by atoms with E-state index in [-0.39, 0.29) is 0 Å². The third-order valence-corrected chi connectivity index (χ3v) is 4.07. The van der Waals surface area contributed by atoms with Crippen LogP contribution in [0.1, 0.15) is 50.7 Å². The van der Waals surface area contributed by atoms with Crippen molar-refractivity contribution in [3.8, 4) is 0 Å². The van der Waals surface area contributed by atoms with E-state index in [9.17, 15) is 0 Å². The molecule has 0 spiro atoms. The van der Waals surface area contributed by atoms with E-state index in [1.807, 2.05) is 0 Å². The largest absolute Gasteiger partial charge is 0.382 e. The molecule has 1 unspecified atom stereocenters. The molecule has 0 bridgehead atoms. The highest BCUT2D eigenvalue weighted by Crippen LogP contribution is 2.37. The van der Waals surface area contributed by atoms with Gasteiger partial charge in [0.05, 0.1) is 0 Å². The summed E-state index contributed by atoms with van der Waals surface area (Å²) in [5.41, 5.74) is 4.42. The minimum Gasteiger partial charge on any atom is -0.382 e. The first-order chi connectivity index (χ1) is 7.97. The second-order valence-electron chi connectivity index (χ2n) is 6.31. The van der Waals surface area contributed by atoms with Crippen LogP contribution in [0.2, 0.25) is 0 Å². The Morgan fingerprint density at radius 1 is 1.06 bits per heavy atom. The highest BCUT2D eigenvalue weighted by atomic mass is 14.9. The Kier molecular flexibility index (Phi) is 3.46. The number of hydrogen-bond acceptors (Lipinski definition) is 1. The summed E-state index contributed by atoms with van der Waals surface area (Å²) in [7, 11) is 0. The van der Waals surface area contributed by atoms with Gasteiger partial charge in [0.25, 0.3) is 0 Å². The minimum absolute atomic E-state index is 0.426. The number of anilines is 1. The average molecular weight is 231 g/mol. The van der Waals surface area contributed by atoms with Crippen molar-refractivity contribution < 1.29 is 0 Å². The van der Waals surface area contributed by atoms with Crippen LogP contribution in [0, 0.1) is 19.3 Å². The van der Waals surface area contributed by atoms with Gasteiger partial charge in [0.2, 0.25) is 0 Å². The Morgan fingerprint density at radius 3 is 2.29 bits per heavy atom. The molecule has 1 aliphatic rings. The van der Waals surface area contributed by atoms with Gasteiger partial charge in [0.1, 0.15) is 0 Å². The lowest BCUT2D eigenvalue weighted by Crippen LogP contribution is -2.38. The zero-order chi connectivity index (χ0) is 12.5. The van der Waals surface area contributed by atoms with Gasteiger partial charge >= 0.3 is 0 Å². The van der Waals surface area contributed by atoms with E-state index >= 15 is 0 Å². The van der Waals surface area contributed by atoms with E-state index in [1.54, 1.807) is 0 Å². The van der Waals surface area contributed by atoms with Crippen LogP contribution in [-0.4, -0.2) is 6.04 Å². The molecule has 1 nitrogen and oxygen atoms in total. The number of rotatable bonds is 2. The number of aryl methyl sites for hydroxylation is 2. The average Bonchev–Trinajstić information content (AvgIpc) is 2.19. The summed E-state index contributed by atoms with van der Waals surface area (Å²) in [5, 5.41) is 3.75. The van der Waals surface area contributed by atoms with Crippen molar-refractivity contribution in [2.75, 3.05) is 5.32 Å². The molecule has 1 aromatic carbocycles. The number of hydrogen-bond donors (Lipinski definition) is 1. The molecule has 0 aromatic heterocycles. The van der Waals surface area contributed by atoms with Crippen LogP contribution < -0.4 is 5.32 Å². The van der Waals surface area contributed by atoms with Gasteiger partial charge in [0, 0.05) is 11.7 Å². The molecule has 0 aliphatic heterocycles. The van der Waals surface area contributed by atoms with Crippen LogP contribution >= 0.6 is 0 Å². The Bertz CT molecular complexity index is 372. The van der Waals surface area contributed by atoms with Crippen molar-refractivity contribution in [3.63, 3.8) is 0 Å². The smallest absolute Gasteiger partial charge is 0.0347 e. The van der Waals surface area contributed by atoms with Crippen molar-refractivity contribution in [1.29, 1.82) is 0 Å². The summed E-state index contributed by atoms with van der Waals surface area (Å²) in [6.45, 7) is 9.13. The van der Waals surface area contributed by atoms with Crippen molar-refractivity contribution in [3.05, 3.63) is 29.3 Å². The fourth-order valence-electron chi connectivity index (χ4n) is 3.02. The van der Waals surface area contributed by atoms with Gasteiger partial charge in [-0.2, -0.15) is 0 Å². The molecule has 2 rings (SSSR count). The molecule has 1 fully saturated rings. The first kappa shape index (κ1) is 12.5. The van der Waals surface area contributed by atoms with Gasteiger partial charge in [-0.1, -0.05) is 32.8 Å². The standard InChI is InChI=1S/C16H25N/c1-12-9-13(2)11-14(10-12)17-15-7-5-6-8-16(15,3)4/h9-11,15,17H,5-8H2,1-4H3. The predicted molar refractivity (Wildman–Crippen MR) is 75.6 cm³/mol. The van der Waals surface area contributed by atoms with Crippen LogP contribution in [0.3, 0.4) is 0 Å². The van der Waals surface area contributed by atoms with Crippen LogP contribution in [0.4, 0.5) is 5.69 Å². The van der Waals surface area contributed by atoms with Crippen LogP contribution in [-0.2, 0) is 0 Å². The zero-order valence-electron chi connectivity index (χ0n) is 11.6. The molecule has 1 aromatic rings. The van der Waals surface area contributed by atoms with Gasteiger partial charge in [-0.3, -0.25) is 0 Å². The molecule has 1 heteroatoms. The summed E-state index contributed by atoms with van der Waals surface area (Å²) < 4.78 is 0. The minimum atomic E-state index is 0.426. The lowest BCUT2D eigenvalue weighted by molar-refractivity contribution is 0.217. The molecule has 0 heterocycles. The third kappa shape index (κ3) is 3.02. The normalized spacial score (nSPS) is 23.4. The van der Waals surface area contributed by atoms with E-state index in [1.165, 1.54) is 42.5 Å². The summed E-state index contributed by atoms with van der Waals surface area (Å²) in [5.74, 6) is 0. The summed E-state index contributed by atoms with van der Waals surface area (Å²) >= 11 is 0. The fourth-order valence-corrected chi connectivity index (χ4v) is 3.02. The van der Waals surface area contributed by atoms with Crippen LogP contribution in [0.15, 0.2) is 18.2 Å². The molecule has 0 saturated heterocycles. The number of nitrogens with one attached hydrogen (secondary N) is 1. The quantitative estimate of drug-likeness (QED) is 0.779. The SMILES string of the molecule is Cc1cc(C)cc(NC2CCCCC2(C)C)c1. The summed E-state index contributed by atoms with van der Waals surface area (Å²) in [4.78, 5) is 0. The maximum absolute atomic E-state index is 3.75. The topological polar surface area (TPSA) is 12.0 Å². The lowest BCUT2D eigenvalue weighted by atomic mass is 9.73. The summed E-state index contributed by atoms with van der Waals surface area (Å²) in [6, 6.07) is 7.38. The van der Waals surface area contributed by atoms with E-state index in [0.29, 0.717) is 11.5 Å². The summed E-state index contributed by atoms with van der Waals surface area (Å²) in [6.07, 6.45) is 5.40. The second-order valence-corrected chi connectivity index (χ2v) is 6.31. The predicted octanol–water partition coefficient (Wildman–Crippen LogP) is 4.68. The molecule has 1 atom stereocenters. The molecular formula is C16H25N. The van der Waals surface area contributed by atoms with Crippen molar-refractivity contribution in [2.24, 2.45) is 5.41 Å². The van der Waals surface area contributed by atoms with E-state index in [4.69, 9.17) is 0 Å². The van der Waals surface area contributed by atoms with Gasteiger partial charge in [-0.05, 0) is 55.4 Å². The molecular weight excluding hydrogens is 206 g/mol. The Morgan fingerprint density at radius 2 is 1.71 bits per heavy atom. The Hall–Kier alpha value is -0.980. The molecule has 0 radical (unpaired) electrons. The van der Waals surface area contributed by atoms with Crippen molar-refractivity contribution >= 4 is 5.69 Å². The molecule has 1 aliphatic carbocycles. The van der Waals surface area contributed by atoms with Crippen LogP contribution in [0.5, 0.6) is 0 Å². The van der Waals surface area contributed by atoms with Crippen molar-refractivity contribution in [1.82, 2.24) is 0 Å². The first-order valence-electron chi connectivity index (χ1n) is 6.82. The monoisotopic (exact) mass is 231 g/mol. The lowest BCUT2D eigenvalue weighted by Gasteiger charge is -2.39. The fraction of sp³-hybridized carbons (Fsp3) is 0.625. The van der Waals surface area contributed by atoms with E-state index in [2.05, 4.69) is 51.2 Å². The Labute approximate surface area is 106 Å². The maximum Gasteiger partial charge on any atom is 0.0347 e. The van der Waals surface area contributed by atoms with Crippen molar-refractivity contribution in [2.45, 2.75) is 59.4 Å². The van der Waals surface area contributed by atoms with Gasteiger partial charge in [-0.15, -0.1) is 0 Å². The molecule has 17 heavy (non-hydrogen) atoms. The molecule has 1 N–H and O–H groups in total. The zero-order valence-corrected chi connectivity index (χ0v) is 11.6. The Balaban J connectivity index is 2.14. The molecule has 1 saturated carbocycles. The third-order valence-electron chi connectivity index (χ3n) is 4.07. The molecule has 94 valence electrons. The molecule has 0 amide bonds. The van der Waals surface area contributed by atoms with Gasteiger partial charge < -0.3 is 5.32 Å². The maximum atomic E-state index is 3.75. The second kappa shape index (κ2) is 4.72. The highest BCUT2D eigenvalue weighted by Gasteiger charge is 2.31. The van der Waals surface area contributed by atoms with Crippen LogP contribution in [0.25, 0.3) is 0 Å². The highest BCUT2D eigenvalue weighted by molar-refractivity contribution is 5.49. The number of benzene rings is 1. The van der Waals surface area contributed by atoms with E-state index < -0.39 is 0 Å². The van der Waals surface area contributed by atoms with Gasteiger partial charge in [-0.25, -0.2) is 0 Å². The van der Waals surface area contributed by atoms with Gasteiger partial charge in [0.15, 0.2) is 0 Å². The van der Waals surface area contributed by atoms with E-state index in [0.717, 1.165) is 0 Å².